The van der Waals surface area contributed by atoms with E-state index in [1.165, 1.54) is 23.1 Å². The highest BCUT2D eigenvalue weighted by Crippen LogP contribution is 2.24. The molecule has 1 saturated heterocycles. The van der Waals surface area contributed by atoms with Crippen molar-refractivity contribution in [3.63, 3.8) is 0 Å². The first-order valence-electron chi connectivity index (χ1n) is 7.25. The van der Waals surface area contributed by atoms with E-state index in [1.54, 1.807) is 7.05 Å². The molecule has 0 saturated carbocycles. The Morgan fingerprint density at radius 1 is 1.41 bits per heavy atom. The number of thioether (sulfide) groups is 1. The molecule has 0 aliphatic carbocycles. The summed E-state index contributed by atoms with van der Waals surface area (Å²) in [6.45, 7) is 8.27. The summed E-state index contributed by atoms with van der Waals surface area (Å²) in [4.78, 5) is 14.3. The number of carbonyl (C=O) groups is 1. The van der Waals surface area contributed by atoms with Gasteiger partial charge in [-0.3, -0.25) is 9.69 Å². The van der Waals surface area contributed by atoms with Crippen molar-refractivity contribution >= 4 is 34.1 Å². The Labute approximate surface area is 139 Å². The van der Waals surface area contributed by atoms with Gasteiger partial charge in [0, 0.05) is 32.2 Å². The lowest BCUT2D eigenvalue weighted by Gasteiger charge is -2.40. The SMILES string of the molecule is CNc1nnc(SCC(=O)NCC(C)(C)N2CCOCC2)s1. The lowest BCUT2D eigenvalue weighted by molar-refractivity contribution is -0.119. The lowest BCUT2D eigenvalue weighted by Crippen LogP contribution is -2.55. The van der Waals surface area contributed by atoms with Crippen molar-refractivity contribution < 1.29 is 9.53 Å². The Kier molecular flexibility index (Phi) is 6.42. The van der Waals surface area contributed by atoms with Gasteiger partial charge in [0.1, 0.15) is 0 Å². The summed E-state index contributed by atoms with van der Waals surface area (Å²) < 4.78 is 6.17. The Bertz CT molecular complexity index is 489. The van der Waals surface area contributed by atoms with Crippen molar-refractivity contribution in [2.24, 2.45) is 0 Å². The monoisotopic (exact) mass is 345 g/mol. The van der Waals surface area contributed by atoms with Gasteiger partial charge in [-0.15, -0.1) is 10.2 Å². The van der Waals surface area contributed by atoms with Crippen molar-refractivity contribution in [1.29, 1.82) is 0 Å². The number of morpholine rings is 1. The number of hydrogen-bond acceptors (Lipinski definition) is 8. The third-order valence-corrected chi connectivity index (χ3v) is 5.61. The number of amides is 1. The molecule has 0 aromatic carbocycles. The van der Waals surface area contributed by atoms with E-state index in [1.807, 2.05) is 0 Å². The van der Waals surface area contributed by atoms with E-state index in [0.29, 0.717) is 12.3 Å². The third kappa shape index (κ3) is 5.08. The van der Waals surface area contributed by atoms with Gasteiger partial charge < -0.3 is 15.4 Å². The van der Waals surface area contributed by atoms with Crippen LogP contribution < -0.4 is 10.6 Å². The predicted molar refractivity (Wildman–Crippen MR) is 89.7 cm³/mol. The molecule has 0 spiro atoms. The van der Waals surface area contributed by atoms with Crippen LogP contribution in [0.3, 0.4) is 0 Å². The van der Waals surface area contributed by atoms with Crippen LogP contribution in [0.2, 0.25) is 0 Å². The number of nitrogens with one attached hydrogen (secondary N) is 2. The fourth-order valence-corrected chi connectivity index (χ4v) is 3.68. The standard InChI is InChI=1S/C13H23N5O2S2/c1-13(2,18-4-6-20-7-5-18)9-15-10(19)8-21-12-17-16-11(14-3)22-12/h4-9H2,1-3H3,(H,14,16)(H,15,19). The van der Waals surface area contributed by atoms with Gasteiger partial charge in [-0.2, -0.15) is 0 Å². The fourth-order valence-electron chi connectivity index (χ4n) is 2.14. The van der Waals surface area contributed by atoms with E-state index >= 15 is 0 Å². The Balaban J connectivity index is 1.72. The molecular formula is C13H23N5O2S2. The number of rotatable bonds is 7. The van der Waals surface area contributed by atoms with Gasteiger partial charge in [0.15, 0.2) is 4.34 Å². The Hall–Kier alpha value is -0.900. The molecule has 1 amide bonds. The molecule has 7 nitrogen and oxygen atoms in total. The van der Waals surface area contributed by atoms with Gasteiger partial charge in [-0.1, -0.05) is 23.1 Å². The Morgan fingerprint density at radius 3 is 2.77 bits per heavy atom. The number of carbonyl (C=O) groups excluding carboxylic acids is 1. The maximum absolute atomic E-state index is 12.0. The van der Waals surface area contributed by atoms with Crippen LogP contribution in [0, 0.1) is 0 Å². The molecule has 124 valence electrons. The fraction of sp³-hybridized carbons (Fsp3) is 0.769. The number of hydrogen-bond donors (Lipinski definition) is 2. The quantitative estimate of drug-likeness (QED) is 0.711. The minimum absolute atomic E-state index is 0.0209. The first-order chi connectivity index (χ1) is 10.5. The van der Waals surface area contributed by atoms with Crippen molar-refractivity contribution in [2.75, 3.05) is 51.0 Å². The summed E-state index contributed by atoms with van der Waals surface area (Å²) in [5.41, 5.74) is -0.0633. The van der Waals surface area contributed by atoms with Crippen molar-refractivity contribution in [3.05, 3.63) is 0 Å². The second-order valence-corrected chi connectivity index (χ2v) is 7.80. The van der Waals surface area contributed by atoms with Crippen LogP contribution in [0.5, 0.6) is 0 Å². The number of anilines is 1. The minimum Gasteiger partial charge on any atom is -0.379 e. The molecule has 0 bridgehead atoms. The first-order valence-corrected chi connectivity index (χ1v) is 9.05. The lowest BCUT2D eigenvalue weighted by atomic mass is 10.0. The van der Waals surface area contributed by atoms with Crippen LogP contribution in [0.15, 0.2) is 4.34 Å². The summed E-state index contributed by atoms with van der Waals surface area (Å²) >= 11 is 2.86. The highest BCUT2D eigenvalue weighted by molar-refractivity contribution is 8.01. The summed E-state index contributed by atoms with van der Waals surface area (Å²) in [6, 6.07) is 0. The zero-order valence-electron chi connectivity index (χ0n) is 13.2. The van der Waals surface area contributed by atoms with Gasteiger partial charge in [-0.25, -0.2) is 0 Å². The van der Waals surface area contributed by atoms with Crippen LogP contribution in [0.25, 0.3) is 0 Å². The minimum atomic E-state index is -0.0633. The molecule has 2 N–H and O–H groups in total. The normalized spacial score (nSPS) is 16.5. The number of nitrogens with zero attached hydrogens (tertiary/aromatic N) is 3. The van der Waals surface area contributed by atoms with Crippen molar-refractivity contribution in [1.82, 2.24) is 20.4 Å². The number of ether oxygens (including phenoxy) is 1. The van der Waals surface area contributed by atoms with Crippen LogP contribution in [0.4, 0.5) is 5.13 Å². The van der Waals surface area contributed by atoms with E-state index in [9.17, 15) is 4.79 Å². The maximum atomic E-state index is 12.0. The summed E-state index contributed by atoms with van der Waals surface area (Å²) in [7, 11) is 1.80. The highest BCUT2D eigenvalue weighted by atomic mass is 32.2. The largest absolute Gasteiger partial charge is 0.379 e. The summed E-state index contributed by atoms with van der Waals surface area (Å²) in [5, 5.41) is 14.7. The summed E-state index contributed by atoms with van der Waals surface area (Å²) in [6.07, 6.45) is 0. The molecule has 9 heteroatoms. The molecule has 0 unspecified atom stereocenters. The molecule has 2 rings (SSSR count). The van der Waals surface area contributed by atoms with Crippen molar-refractivity contribution in [2.45, 2.75) is 23.7 Å². The van der Waals surface area contributed by atoms with Gasteiger partial charge in [0.2, 0.25) is 11.0 Å². The maximum Gasteiger partial charge on any atom is 0.230 e. The molecule has 1 aliphatic heterocycles. The summed E-state index contributed by atoms with van der Waals surface area (Å²) in [5.74, 6) is 0.380. The van der Waals surface area contributed by atoms with Crippen LogP contribution in [-0.4, -0.2) is 72.2 Å². The molecule has 1 fully saturated rings. The van der Waals surface area contributed by atoms with E-state index in [4.69, 9.17) is 4.74 Å². The Morgan fingerprint density at radius 2 is 2.14 bits per heavy atom. The molecule has 0 radical (unpaired) electrons. The van der Waals surface area contributed by atoms with Gasteiger partial charge >= 0.3 is 0 Å². The zero-order valence-corrected chi connectivity index (χ0v) is 14.9. The zero-order chi connectivity index (χ0) is 16.0. The van der Waals surface area contributed by atoms with Gasteiger partial charge in [-0.05, 0) is 13.8 Å². The van der Waals surface area contributed by atoms with E-state index in [-0.39, 0.29) is 11.4 Å². The molecule has 2 heterocycles. The van der Waals surface area contributed by atoms with E-state index in [2.05, 4.69) is 39.6 Å². The van der Waals surface area contributed by atoms with Gasteiger partial charge in [0.25, 0.3) is 0 Å². The van der Waals surface area contributed by atoms with E-state index < -0.39 is 0 Å². The molecule has 1 aromatic rings. The van der Waals surface area contributed by atoms with Gasteiger partial charge in [0.05, 0.1) is 19.0 Å². The topological polar surface area (TPSA) is 79.4 Å². The second-order valence-electron chi connectivity index (χ2n) is 5.60. The average molecular weight is 345 g/mol. The van der Waals surface area contributed by atoms with Crippen LogP contribution in [-0.2, 0) is 9.53 Å². The van der Waals surface area contributed by atoms with E-state index in [0.717, 1.165) is 35.8 Å². The van der Waals surface area contributed by atoms with Crippen LogP contribution in [0.1, 0.15) is 13.8 Å². The molecule has 22 heavy (non-hydrogen) atoms. The average Bonchev–Trinajstić information content (AvgIpc) is 3.00. The molecular weight excluding hydrogens is 322 g/mol. The third-order valence-electron chi connectivity index (χ3n) is 3.53. The molecule has 1 aliphatic rings. The highest BCUT2D eigenvalue weighted by Gasteiger charge is 2.28. The predicted octanol–water partition coefficient (Wildman–Crippen LogP) is 0.899. The second kappa shape index (κ2) is 8.09. The smallest absolute Gasteiger partial charge is 0.230 e. The van der Waals surface area contributed by atoms with Crippen LogP contribution >= 0.6 is 23.1 Å². The number of aromatic nitrogens is 2. The molecule has 1 aromatic heterocycles. The first kappa shape index (κ1) is 17.5. The van der Waals surface area contributed by atoms with Crippen molar-refractivity contribution in [3.8, 4) is 0 Å². The molecule has 0 atom stereocenters.